The van der Waals surface area contributed by atoms with Gasteiger partial charge in [-0.25, -0.2) is 0 Å². The van der Waals surface area contributed by atoms with Gasteiger partial charge >= 0.3 is 5.97 Å². The molecule has 0 bridgehead atoms. The van der Waals surface area contributed by atoms with Crippen molar-refractivity contribution in [2.75, 3.05) is 0 Å². The molecule has 1 amide bonds. The molecule has 2 heterocycles. The van der Waals surface area contributed by atoms with Crippen LogP contribution in [0.5, 0.6) is 0 Å². The van der Waals surface area contributed by atoms with Crippen LogP contribution < -0.4 is 5.32 Å². The van der Waals surface area contributed by atoms with E-state index in [0.717, 1.165) is 16.7 Å². The van der Waals surface area contributed by atoms with Gasteiger partial charge in [0, 0.05) is 30.7 Å². The smallest absolute Gasteiger partial charge is 0.303 e. The third-order valence-corrected chi connectivity index (χ3v) is 9.27. The summed E-state index contributed by atoms with van der Waals surface area (Å²) < 4.78 is 11.9. The number of ether oxygens (including phenoxy) is 2. The zero-order chi connectivity index (χ0) is 27.6. The molecular formula is C30H37NO7. The maximum Gasteiger partial charge on any atom is 0.303 e. The molecule has 0 saturated carbocycles. The van der Waals surface area contributed by atoms with Crippen LogP contribution in [0.4, 0.5) is 0 Å². The lowest BCUT2D eigenvalue weighted by molar-refractivity contribution is -0.169. The molecule has 1 spiro atoms. The number of epoxide rings is 1. The molecular weight excluding hydrogens is 486 g/mol. The van der Waals surface area contributed by atoms with E-state index in [0.29, 0.717) is 12.8 Å². The van der Waals surface area contributed by atoms with Crippen LogP contribution in [0, 0.1) is 23.2 Å². The molecule has 1 aromatic carbocycles. The minimum absolute atomic E-state index is 0.325. The normalized spacial score (nSPS) is 43.2. The lowest BCUT2D eigenvalue weighted by Gasteiger charge is -2.50. The van der Waals surface area contributed by atoms with Crippen LogP contribution in [0.2, 0.25) is 0 Å². The molecule has 1 unspecified atom stereocenters. The van der Waals surface area contributed by atoms with Gasteiger partial charge in [-0.1, -0.05) is 55.0 Å². The van der Waals surface area contributed by atoms with Crippen molar-refractivity contribution in [3.05, 3.63) is 59.2 Å². The zero-order valence-corrected chi connectivity index (χ0v) is 22.5. The van der Waals surface area contributed by atoms with E-state index in [-0.39, 0.29) is 17.7 Å². The highest BCUT2D eigenvalue weighted by molar-refractivity contribution is 5.91. The van der Waals surface area contributed by atoms with Gasteiger partial charge in [-0.3, -0.25) is 14.4 Å². The topological polar surface area (TPSA) is 125 Å². The standard InChI is InChI=1S/C30H37NO7/c1-15-10-9-13-20-23(33)17(3)16(2)22-21(14-19-11-7-6-8-12-19)31-28(35)30(20,22)27(37-18(4)32)24-26(38-24)29(5,36)25(15)34/h6-9,11-13,15,20-24,26-27,33,36H,10,14H2,1-5H3,(H,31,35)/b13-9-/t15-,20-,21-,22?,23+,24+,26+,27+,29-,30-/m0/s1. The van der Waals surface area contributed by atoms with E-state index in [1.165, 1.54) is 13.8 Å². The number of hydrogen-bond donors (Lipinski definition) is 3. The van der Waals surface area contributed by atoms with Crippen LogP contribution >= 0.6 is 0 Å². The molecule has 2 aliphatic heterocycles. The van der Waals surface area contributed by atoms with Crippen molar-refractivity contribution in [2.45, 2.75) is 83.5 Å². The molecule has 8 heteroatoms. The molecule has 4 aliphatic rings. The highest BCUT2D eigenvalue weighted by atomic mass is 16.6. The van der Waals surface area contributed by atoms with Crippen LogP contribution in [0.15, 0.2) is 53.6 Å². The first kappa shape index (κ1) is 26.8. The molecule has 2 fully saturated rings. The SMILES string of the molecule is CC(=O)O[C@@H]1[C@@H]2O[C@H]2[C@@](C)(O)C(=O)[C@@H](C)C/C=C\[C@H]2[C@H](O)C(C)=C(C)C3[C@H](Cc4ccccc4)NC(=O)[C@@]312. The maximum absolute atomic E-state index is 14.3. The Labute approximate surface area is 223 Å². The number of ketones is 1. The predicted octanol–water partition coefficient (Wildman–Crippen LogP) is 2.27. The first-order valence-electron chi connectivity index (χ1n) is 13.4. The Morgan fingerprint density at radius 3 is 2.53 bits per heavy atom. The molecule has 0 aromatic heterocycles. The highest BCUT2D eigenvalue weighted by Crippen LogP contribution is 2.60. The number of hydrogen-bond acceptors (Lipinski definition) is 7. The van der Waals surface area contributed by atoms with E-state index >= 15 is 0 Å². The van der Waals surface area contributed by atoms with E-state index in [9.17, 15) is 24.6 Å². The average molecular weight is 524 g/mol. The van der Waals surface area contributed by atoms with Crippen molar-refractivity contribution in [2.24, 2.45) is 23.2 Å². The minimum atomic E-state index is -1.82. The van der Waals surface area contributed by atoms with Crippen molar-refractivity contribution in [3.63, 3.8) is 0 Å². The summed E-state index contributed by atoms with van der Waals surface area (Å²) in [4.78, 5) is 40.0. The molecule has 204 valence electrons. The van der Waals surface area contributed by atoms with Crippen molar-refractivity contribution in [1.82, 2.24) is 5.32 Å². The number of aliphatic hydroxyl groups is 2. The van der Waals surface area contributed by atoms with E-state index in [1.807, 2.05) is 44.2 Å². The number of aliphatic hydroxyl groups excluding tert-OH is 1. The van der Waals surface area contributed by atoms with Crippen LogP contribution in [0.25, 0.3) is 0 Å². The lowest BCUT2D eigenvalue weighted by Crippen LogP contribution is -2.60. The van der Waals surface area contributed by atoms with Gasteiger partial charge in [0.1, 0.15) is 29.3 Å². The fourth-order valence-corrected chi connectivity index (χ4v) is 7.27. The summed E-state index contributed by atoms with van der Waals surface area (Å²) in [6.45, 7) is 8.23. The number of carbonyl (C=O) groups excluding carboxylic acids is 3. The first-order chi connectivity index (χ1) is 17.9. The van der Waals surface area contributed by atoms with Crippen molar-refractivity contribution in [1.29, 1.82) is 0 Å². The summed E-state index contributed by atoms with van der Waals surface area (Å²) in [7, 11) is 0. The number of rotatable bonds is 3. The number of amides is 1. The van der Waals surface area contributed by atoms with Gasteiger partial charge in [0.15, 0.2) is 5.78 Å². The Bertz CT molecular complexity index is 1200. The zero-order valence-electron chi connectivity index (χ0n) is 22.5. The predicted molar refractivity (Wildman–Crippen MR) is 139 cm³/mol. The van der Waals surface area contributed by atoms with Crippen LogP contribution in [-0.2, 0) is 30.3 Å². The molecule has 2 saturated heterocycles. The number of nitrogens with one attached hydrogen (secondary N) is 1. The molecule has 5 rings (SSSR count). The number of esters is 1. The van der Waals surface area contributed by atoms with Crippen molar-refractivity contribution in [3.8, 4) is 0 Å². The van der Waals surface area contributed by atoms with E-state index < -0.39 is 59.2 Å². The van der Waals surface area contributed by atoms with Gasteiger partial charge < -0.3 is 25.0 Å². The van der Waals surface area contributed by atoms with E-state index in [2.05, 4.69) is 5.32 Å². The summed E-state index contributed by atoms with van der Waals surface area (Å²) in [6.07, 6.45) is 0.510. The van der Waals surface area contributed by atoms with Crippen molar-refractivity contribution >= 4 is 17.7 Å². The minimum Gasteiger partial charge on any atom is -0.458 e. The van der Waals surface area contributed by atoms with E-state index in [1.54, 1.807) is 19.1 Å². The second-order valence-corrected chi connectivity index (χ2v) is 11.6. The summed E-state index contributed by atoms with van der Waals surface area (Å²) >= 11 is 0. The fourth-order valence-electron chi connectivity index (χ4n) is 7.27. The number of carbonyl (C=O) groups is 3. The van der Waals surface area contributed by atoms with Crippen LogP contribution in [-0.4, -0.2) is 63.9 Å². The molecule has 3 N–H and O–H groups in total. The van der Waals surface area contributed by atoms with Gasteiger partial charge in [0.05, 0.1) is 6.10 Å². The lowest BCUT2D eigenvalue weighted by atomic mass is 9.53. The fraction of sp³-hybridized carbons (Fsp3) is 0.567. The second-order valence-electron chi connectivity index (χ2n) is 11.6. The molecule has 38 heavy (non-hydrogen) atoms. The largest absolute Gasteiger partial charge is 0.458 e. The van der Waals surface area contributed by atoms with Crippen LogP contribution in [0.3, 0.4) is 0 Å². The molecule has 0 radical (unpaired) electrons. The van der Waals surface area contributed by atoms with E-state index in [4.69, 9.17) is 9.47 Å². The summed E-state index contributed by atoms with van der Waals surface area (Å²) in [5.41, 5.74) is -0.550. The van der Waals surface area contributed by atoms with Crippen LogP contribution in [0.1, 0.15) is 46.6 Å². The second kappa shape index (κ2) is 9.43. The van der Waals surface area contributed by atoms with Crippen molar-refractivity contribution < 1.29 is 34.1 Å². The highest BCUT2D eigenvalue weighted by Gasteiger charge is 2.73. The Balaban J connectivity index is 1.72. The number of fused-ring (bicyclic) bond motifs is 1. The monoisotopic (exact) mass is 523 g/mol. The van der Waals surface area contributed by atoms with Gasteiger partial charge in [0.25, 0.3) is 0 Å². The molecule has 1 aromatic rings. The summed E-state index contributed by atoms with van der Waals surface area (Å²) in [5.74, 6) is -2.99. The number of Topliss-reactive ketones (excluding diaryl/α,β-unsaturated/α-hetero) is 1. The summed E-state index contributed by atoms with van der Waals surface area (Å²) in [5, 5.41) is 26.1. The molecule has 8 nitrogen and oxygen atoms in total. The Morgan fingerprint density at radius 2 is 1.87 bits per heavy atom. The van der Waals surface area contributed by atoms with Gasteiger partial charge in [-0.15, -0.1) is 0 Å². The number of benzene rings is 1. The van der Waals surface area contributed by atoms with Gasteiger partial charge in [0.2, 0.25) is 5.91 Å². The maximum atomic E-state index is 14.3. The molecule has 10 atom stereocenters. The number of allylic oxidation sites excluding steroid dienone is 1. The first-order valence-corrected chi connectivity index (χ1v) is 13.4. The third-order valence-electron chi connectivity index (χ3n) is 9.27. The Hall–Kier alpha value is -2.81. The quantitative estimate of drug-likeness (QED) is 0.315. The summed E-state index contributed by atoms with van der Waals surface area (Å²) in [6, 6.07) is 9.51. The van der Waals surface area contributed by atoms with Gasteiger partial charge in [-0.05, 0) is 44.7 Å². The van der Waals surface area contributed by atoms with Gasteiger partial charge in [-0.2, -0.15) is 0 Å². The average Bonchev–Trinajstić information content (AvgIpc) is 3.62. The molecule has 2 aliphatic carbocycles. The Morgan fingerprint density at radius 1 is 1.18 bits per heavy atom. The third kappa shape index (κ3) is 3.96. The Kier molecular flexibility index (Phi) is 6.65.